The standard InChI is InChI=1S/C71H138O17P2/c1-61(2)47-39-31-23-17-15-13-11-9-10-12-14-16-18-27-35-43-51-68(73)81-57-67(88-71(76)54-46-38-30-22-26-34-42-50-64(7)8)60-86-90(79,80)84-56-65(72)55-83-89(77,78)85-59-66(58-82-69(74)52-44-36-29-21-25-33-41-49-63(5)6)87-70(75)53-45-37-28-20-19-24-32-40-48-62(3)4/h61-67,72H,9-60H2,1-8H3,(H,77,78)(H,79,80)/t65?,66-,67-/m1/s1. The first-order chi connectivity index (χ1) is 43.1. The quantitative estimate of drug-likeness (QED) is 0.0222. The van der Waals surface area contributed by atoms with E-state index in [1.54, 1.807) is 0 Å². The fourth-order valence-corrected chi connectivity index (χ4v) is 12.2. The van der Waals surface area contributed by atoms with Crippen LogP contribution in [0.4, 0.5) is 0 Å². The van der Waals surface area contributed by atoms with E-state index in [4.69, 9.17) is 37.0 Å². The highest BCUT2D eigenvalue weighted by Crippen LogP contribution is 2.45. The zero-order valence-electron chi connectivity index (χ0n) is 58.8. The summed E-state index contributed by atoms with van der Waals surface area (Å²) >= 11 is 0. The molecule has 0 amide bonds. The monoisotopic (exact) mass is 1320 g/mol. The van der Waals surface area contributed by atoms with E-state index in [9.17, 15) is 43.2 Å². The van der Waals surface area contributed by atoms with E-state index in [0.717, 1.165) is 108 Å². The van der Waals surface area contributed by atoms with Gasteiger partial charge in [-0.25, -0.2) is 9.13 Å². The number of unbranched alkanes of at least 4 members (excludes halogenated alkanes) is 34. The third kappa shape index (κ3) is 64.8. The number of esters is 4. The molecule has 0 saturated carbocycles. The third-order valence-corrected chi connectivity index (χ3v) is 18.2. The fraction of sp³-hybridized carbons (Fsp3) is 0.944. The topological polar surface area (TPSA) is 237 Å². The van der Waals surface area contributed by atoms with Crippen LogP contribution in [0.15, 0.2) is 0 Å². The van der Waals surface area contributed by atoms with Crippen molar-refractivity contribution in [1.82, 2.24) is 0 Å². The summed E-state index contributed by atoms with van der Waals surface area (Å²) < 4.78 is 68.2. The molecule has 534 valence electrons. The van der Waals surface area contributed by atoms with Gasteiger partial charge >= 0.3 is 39.5 Å². The van der Waals surface area contributed by atoms with Crippen LogP contribution < -0.4 is 0 Å². The van der Waals surface area contributed by atoms with Crippen LogP contribution in [-0.2, 0) is 65.4 Å². The second-order valence-corrected chi connectivity index (χ2v) is 30.4. The smallest absolute Gasteiger partial charge is 0.462 e. The van der Waals surface area contributed by atoms with Crippen molar-refractivity contribution < 1.29 is 80.2 Å². The lowest BCUT2D eigenvalue weighted by Gasteiger charge is -2.21. The summed E-state index contributed by atoms with van der Waals surface area (Å²) in [6.07, 6.45) is 43.4. The van der Waals surface area contributed by atoms with Crippen LogP contribution in [0.2, 0.25) is 0 Å². The largest absolute Gasteiger partial charge is 0.472 e. The minimum atomic E-state index is -4.95. The highest BCUT2D eigenvalue weighted by atomic mass is 31.2. The van der Waals surface area contributed by atoms with E-state index in [-0.39, 0.29) is 25.7 Å². The molecule has 0 aromatic rings. The van der Waals surface area contributed by atoms with Gasteiger partial charge in [-0.1, -0.05) is 299 Å². The number of aliphatic hydroxyl groups excluding tert-OH is 1. The van der Waals surface area contributed by atoms with Crippen LogP contribution in [0.3, 0.4) is 0 Å². The van der Waals surface area contributed by atoms with Gasteiger partial charge in [0.25, 0.3) is 0 Å². The zero-order valence-corrected chi connectivity index (χ0v) is 60.6. The molecule has 90 heavy (non-hydrogen) atoms. The van der Waals surface area contributed by atoms with Gasteiger partial charge < -0.3 is 33.8 Å². The molecule has 0 radical (unpaired) electrons. The number of carbonyl (C=O) groups excluding carboxylic acids is 4. The van der Waals surface area contributed by atoms with E-state index in [1.807, 2.05) is 0 Å². The van der Waals surface area contributed by atoms with Gasteiger partial charge in [-0.15, -0.1) is 0 Å². The number of phosphoric ester groups is 2. The van der Waals surface area contributed by atoms with E-state index < -0.39 is 97.5 Å². The van der Waals surface area contributed by atoms with Gasteiger partial charge in [0.1, 0.15) is 19.3 Å². The molecule has 19 heteroatoms. The molecule has 17 nitrogen and oxygen atoms in total. The van der Waals surface area contributed by atoms with Crippen molar-refractivity contribution >= 4 is 39.5 Å². The third-order valence-electron chi connectivity index (χ3n) is 16.3. The molecular weight excluding hydrogens is 1190 g/mol. The lowest BCUT2D eigenvalue weighted by Crippen LogP contribution is -2.30. The highest BCUT2D eigenvalue weighted by Gasteiger charge is 2.30. The number of hydrogen-bond donors (Lipinski definition) is 3. The number of carbonyl (C=O) groups is 4. The maximum Gasteiger partial charge on any atom is 0.472 e. The Morgan fingerprint density at radius 2 is 0.467 bits per heavy atom. The Labute approximate surface area is 549 Å². The molecule has 0 spiro atoms. The van der Waals surface area contributed by atoms with Gasteiger partial charge in [0.05, 0.1) is 26.4 Å². The van der Waals surface area contributed by atoms with Gasteiger partial charge in [-0.2, -0.15) is 0 Å². The second-order valence-electron chi connectivity index (χ2n) is 27.5. The van der Waals surface area contributed by atoms with Gasteiger partial charge in [0.2, 0.25) is 0 Å². The summed E-state index contributed by atoms with van der Waals surface area (Å²) in [5, 5.41) is 10.6. The predicted octanol–water partition coefficient (Wildman–Crippen LogP) is 20.1. The van der Waals surface area contributed by atoms with E-state index in [2.05, 4.69) is 55.4 Å². The number of aliphatic hydroxyl groups is 1. The highest BCUT2D eigenvalue weighted by molar-refractivity contribution is 7.47. The first-order valence-electron chi connectivity index (χ1n) is 36.7. The number of phosphoric acid groups is 2. The van der Waals surface area contributed by atoms with Gasteiger partial charge in [0, 0.05) is 25.7 Å². The summed E-state index contributed by atoms with van der Waals surface area (Å²) in [5.74, 6) is 0.799. The van der Waals surface area contributed by atoms with E-state index in [1.165, 1.54) is 148 Å². The average molecular weight is 1330 g/mol. The Bertz CT molecular complexity index is 1780. The number of ether oxygens (including phenoxy) is 4. The maximum atomic E-state index is 13.0. The lowest BCUT2D eigenvalue weighted by atomic mass is 10.0. The van der Waals surface area contributed by atoms with Crippen molar-refractivity contribution in [2.75, 3.05) is 39.6 Å². The van der Waals surface area contributed by atoms with Gasteiger partial charge in [-0.05, 0) is 49.4 Å². The number of hydrogen-bond acceptors (Lipinski definition) is 15. The molecule has 0 aliphatic heterocycles. The molecule has 0 aromatic carbocycles. The molecule has 0 heterocycles. The van der Waals surface area contributed by atoms with Gasteiger partial charge in [-0.3, -0.25) is 37.3 Å². The zero-order chi connectivity index (χ0) is 66.8. The van der Waals surface area contributed by atoms with Crippen LogP contribution >= 0.6 is 15.6 Å². The fourth-order valence-electron chi connectivity index (χ4n) is 10.7. The Hall–Kier alpha value is -1.94. The Kier molecular flexibility index (Phi) is 59.4. The molecular formula is C71H138O17P2. The molecule has 3 N–H and O–H groups in total. The molecule has 0 aliphatic rings. The predicted molar refractivity (Wildman–Crippen MR) is 363 cm³/mol. The second kappa shape index (κ2) is 60.7. The normalized spacial score (nSPS) is 14.3. The summed E-state index contributed by atoms with van der Waals surface area (Å²) in [6.45, 7) is 14.0. The first kappa shape index (κ1) is 88.1. The van der Waals surface area contributed by atoms with Crippen molar-refractivity contribution in [3.05, 3.63) is 0 Å². The summed E-state index contributed by atoms with van der Waals surface area (Å²) in [6, 6.07) is 0. The lowest BCUT2D eigenvalue weighted by molar-refractivity contribution is -0.161. The molecule has 0 rings (SSSR count). The minimum Gasteiger partial charge on any atom is -0.462 e. The molecule has 0 aliphatic carbocycles. The molecule has 0 aromatic heterocycles. The molecule has 0 bridgehead atoms. The summed E-state index contributed by atoms with van der Waals surface area (Å²) in [4.78, 5) is 72.5. The van der Waals surface area contributed by atoms with Crippen LogP contribution in [-0.4, -0.2) is 96.7 Å². The molecule has 5 atom stereocenters. The SMILES string of the molecule is CC(C)CCCCCCCCCCCCCCCCCCC(=O)OC[C@H](COP(=O)(O)OCC(O)COP(=O)(O)OC[C@@H](COC(=O)CCCCCCCCCC(C)C)OC(=O)CCCCCCCCCCC(C)C)OC(=O)CCCCCCCCCC(C)C. The van der Waals surface area contributed by atoms with Crippen molar-refractivity contribution in [3.63, 3.8) is 0 Å². The van der Waals surface area contributed by atoms with E-state index in [0.29, 0.717) is 37.5 Å². The van der Waals surface area contributed by atoms with Crippen molar-refractivity contribution in [3.8, 4) is 0 Å². The molecule has 3 unspecified atom stereocenters. The number of rotatable bonds is 68. The Morgan fingerprint density at radius 1 is 0.278 bits per heavy atom. The van der Waals surface area contributed by atoms with Crippen molar-refractivity contribution in [2.24, 2.45) is 23.7 Å². The van der Waals surface area contributed by atoms with Crippen LogP contribution in [0.1, 0.15) is 351 Å². The average Bonchev–Trinajstić information content (AvgIpc) is 3.19. The Morgan fingerprint density at radius 3 is 0.689 bits per heavy atom. The molecule has 0 fully saturated rings. The first-order valence-corrected chi connectivity index (χ1v) is 39.7. The summed E-state index contributed by atoms with van der Waals surface area (Å²) in [7, 11) is -9.90. The van der Waals surface area contributed by atoms with Crippen LogP contribution in [0, 0.1) is 23.7 Å². The Balaban J connectivity index is 5.17. The van der Waals surface area contributed by atoms with Crippen LogP contribution in [0.25, 0.3) is 0 Å². The van der Waals surface area contributed by atoms with Crippen molar-refractivity contribution in [1.29, 1.82) is 0 Å². The van der Waals surface area contributed by atoms with Gasteiger partial charge in [0.15, 0.2) is 12.2 Å². The van der Waals surface area contributed by atoms with Crippen molar-refractivity contribution in [2.45, 2.75) is 369 Å². The maximum absolute atomic E-state index is 13.0. The minimum absolute atomic E-state index is 0.103. The molecule has 0 saturated heterocycles. The van der Waals surface area contributed by atoms with Crippen LogP contribution in [0.5, 0.6) is 0 Å². The van der Waals surface area contributed by atoms with E-state index >= 15 is 0 Å². The summed E-state index contributed by atoms with van der Waals surface area (Å²) in [5.41, 5.74) is 0.